The first-order valence-corrected chi connectivity index (χ1v) is 8.63. The van der Waals surface area contributed by atoms with Crippen molar-refractivity contribution in [1.82, 2.24) is 9.80 Å². The number of hydrogen-bond acceptors (Lipinski definition) is 4. The number of amidine groups is 1. The molecule has 1 aromatic carbocycles. The quantitative estimate of drug-likeness (QED) is 0.405. The summed E-state index contributed by atoms with van der Waals surface area (Å²) in [5.74, 6) is -2.62. The third kappa shape index (κ3) is 4.24. The zero-order valence-corrected chi connectivity index (χ0v) is 16.0. The van der Waals surface area contributed by atoms with Crippen LogP contribution in [-0.4, -0.2) is 60.1 Å². The number of carbonyl (C=O) groups excluding carboxylic acids is 2. The summed E-state index contributed by atoms with van der Waals surface area (Å²) < 4.78 is 40.5. The first-order chi connectivity index (χ1) is 13.1. The van der Waals surface area contributed by atoms with Crippen molar-refractivity contribution in [2.45, 2.75) is 25.7 Å². The average molecular weight is 415 g/mol. The average Bonchev–Trinajstić information content (AvgIpc) is 2.88. The van der Waals surface area contributed by atoms with Crippen molar-refractivity contribution < 1.29 is 22.8 Å². The molecule has 0 radical (unpaired) electrons. The van der Waals surface area contributed by atoms with Gasteiger partial charge in [0.1, 0.15) is 6.17 Å². The lowest BCUT2D eigenvalue weighted by Gasteiger charge is -2.36. The summed E-state index contributed by atoms with van der Waals surface area (Å²) in [6, 6.07) is 6.03. The van der Waals surface area contributed by atoms with Gasteiger partial charge in [-0.1, -0.05) is 23.7 Å². The molecule has 1 unspecified atom stereocenters. The fourth-order valence-electron chi connectivity index (χ4n) is 2.90. The second-order valence-electron chi connectivity index (χ2n) is 5.88. The molecule has 1 aliphatic rings. The number of carbonyl (C=O) groups is 2. The first kappa shape index (κ1) is 21.6. The minimum atomic E-state index is -4.78. The molecule has 0 saturated carbocycles. The highest BCUT2D eigenvalue weighted by molar-refractivity contribution is 6.29. The van der Waals surface area contributed by atoms with Crippen LogP contribution >= 0.6 is 11.6 Å². The summed E-state index contributed by atoms with van der Waals surface area (Å²) >= 11 is 6.03. The van der Waals surface area contributed by atoms with E-state index in [-0.39, 0.29) is 29.1 Å². The van der Waals surface area contributed by atoms with Crippen LogP contribution < -0.4 is 0 Å². The van der Waals surface area contributed by atoms with Gasteiger partial charge in [0.15, 0.2) is 0 Å². The van der Waals surface area contributed by atoms with Crippen LogP contribution in [0.4, 0.5) is 13.2 Å². The fourth-order valence-corrected chi connectivity index (χ4v) is 3.11. The van der Waals surface area contributed by atoms with E-state index in [2.05, 4.69) is 16.7 Å². The van der Waals surface area contributed by atoms with Gasteiger partial charge in [-0.25, -0.2) is 0 Å². The smallest absolute Gasteiger partial charge is 0.335 e. The van der Waals surface area contributed by atoms with Crippen molar-refractivity contribution in [1.29, 1.82) is 0 Å². The molecule has 0 aliphatic carbocycles. The zero-order valence-electron chi connectivity index (χ0n) is 15.2. The molecule has 2 amide bonds. The van der Waals surface area contributed by atoms with E-state index in [0.29, 0.717) is 0 Å². The second-order valence-corrected chi connectivity index (χ2v) is 6.36. The normalized spacial score (nSPS) is 16.3. The first-order valence-electron chi connectivity index (χ1n) is 8.25. The molecule has 150 valence electrons. The molecule has 0 aromatic heterocycles. The van der Waals surface area contributed by atoms with Crippen molar-refractivity contribution in [3.8, 4) is 0 Å². The lowest BCUT2D eigenvalue weighted by atomic mass is 10.1. The maximum atomic E-state index is 13.5. The molecule has 0 N–H and O–H groups in total. The molecule has 1 heterocycles. The highest BCUT2D eigenvalue weighted by Crippen LogP contribution is 2.31. The number of aliphatic imine (C=N–C) groups is 2. The Hall–Kier alpha value is -2.68. The molecule has 1 atom stereocenters. The fraction of sp³-hybridized carbons (Fsp3) is 0.333. The zero-order chi connectivity index (χ0) is 21.1. The van der Waals surface area contributed by atoms with Crippen molar-refractivity contribution in [3.05, 3.63) is 46.6 Å². The Labute approximate surface area is 165 Å². The predicted molar refractivity (Wildman–Crippen MR) is 101 cm³/mol. The third-order valence-corrected chi connectivity index (χ3v) is 4.33. The SMILES string of the molecule is C=N/C=C(/Cl)CC(N(C)C(=NCC)C(F)(F)F)N1C(=O)c2ccccc2C1=O. The minimum absolute atomic E-state index is 0.0291. The van der Waals surface area contributed by atoms with Crippen molar-refractivity contribution in [2.75, 3.05) is 13.6 Å². The van der Waals surface area contributed by atoms with E-state index in [1.807, 2.05) is 0 Å². The molecule has 1 aromatic rings. The molecule has 0 fully saturated rings. The Morgan fingerprint density at radius 3 is 2.25 bits per heavy atom. The summed E-state index contributed by atoms with van der Waals surface area (Å²) in [6.07, 6.45) is -5.27. The summed E-state index contributed by atoms with van der Waals surface area (Å²) in [7, 11) is 1.11. The number of fused-ring (bicyclic) bond motifs is 1. The van der Waals surface area contributed by atoms with Gasteiger partial charge < -0.3 is 4.90 Å². The molecule has 0 saturated heterocycles. The molecule has 28 heavy (non-hydrogen) atoms. The standard InChI is InChI=1S/C18H18ClF3N4O2/c1-4-24-17(18(20,21)22)25(3)14(9-11(19)10-23-2)26-15(27)12-7-5-6-8-13(12)16(26)28/h5-8,10,14H,2,4,9H2,1,3H3/b11-10+,24-17?. The van der Waals surface area contributed by atoms with Gasteiger partial charge in [0, 0.05) is 31.2 Å². The van der Waals surface area contributed by atoms with Crippen molar-refractivity contribution >= 4 is 36.0 Å². The van der Waals surface area contributed by atoms with E-state index < -0.39 is 30.0 Å². The number of imide groups is 1. The summed E-state index contributed by atoms with van der Waals surface area (Å²) in [4.78, 5) is 34.1. The van der Waals surface area contributed by atoms with Crippen LogP contribution in [0.15, 0.2) is 45.5 Å². The molecule has 10 heteroatoms. The number of amides is 2. The Balaban J connectivity index is 2.53. The molecule has 0 bridgehead atoms. The number of nitrogens with zero attached hydrogens (tertiary/aromatic N) is 4. The molecule has 2 rings (SSSR count). The van der Waals surface area contributed by atoms with Crippen molar-refractivity contribution in [3.63, 3.8) is 0 Å². The molecular formula is C18H18ClF3N4O2. The molecule has 0 spiro atoms. The van der Waals surface area contributed by atoms with Gasteiger partial charge in [-0.2, -0.15) is 13.2 Å². The van der Waals surface area contributed by atoms with Gasteiger partial charge in [0.05, 0.1) is 11.1 Å². The summed E-state index contributed by atoms with van der Waals surface area (Å²) in [5, 5.41) is 0.0291. The number of rotatable bonds is 6. The van der Waals surface area contributed by atoms with Gasteiger partial charge in [-0.3, -0.25) is 24.5 Å². The summed E-state index contributed by atoms with van der Waals surface area (Å²) in [5.41, 5.74) is 0.239. The number of alkyl halides is 3. The molecule has 1 aliphatic heterocycles. The van der Waals surface area contributed by atoms with E-state index in [9.17, 15) is 22.8 Å². The lowest BCUT2D eigenvalue weighted by molar-refractivity contribution is -0.0723. The monoisotopic (exact) mass is 414 g/mol. The van der Waals surface area contributed by atoms with Crippen LogP contribution in [-0.2, 0) is 0 Å². The molecule has 6 nitrogen and oxygen atoms in total. The van der Waals surface area contributed by atoms with Gasteiger partial charge in [-0.15, -0.1) is 0 Å². The van der Waals surface area contributed by atoms with Gasteiger partial charge in [0.2, 0.25) is 5.84 Å². The minimum Gasteiger partial charge on any atom is -0.335 e. The number of halogens is 4. The maximum absolute atomic E-state index is 13.5. The Morgan fingerprint density at radius 1 is 1.29 bits per heavy atom. The predicted octanol–water partition coefficient (Wildman–Crippen LogP) is 3.69. The van der Waals surface area contributed by atoms with E-state index in [1.54, 1.807) is 12.1 Å². The van der Waals surface area contributed by atoms with E-state index in [4.69, 9.17) is 11.6 Å². The lowest BCUT2D eigenvalue weighted by Crippen LogP contribution is -2.54. The maximum Gasteiger partial charge on any atom is 0.449 e. The van der Waals surface area contributed by atoms with E-state index >= 15 is 0 Å². The Kier molecular flexibility index (Phi) is 6.60. The third-order valence-electron chi connectivity index (χ3n) is 4.08. The second kappa shape index (κ2) is 8.55. The Morgan fingerprint density at radius 2 is 1.82 bits per heavy atom. The van der Waals surface area contributed by atoms with E-state index in [1.165, 1.54) is 19.1 Å². The van der Waals surface area contributed by atoms with Crippen LogP contribution in [0.5, 0.6) is 0 Å². The number of benzene rings is 1. The van der Waals surface area contributed by atoms with E-state index in [0.717, 1.165) is 23.0 Å². The van der Waals surface area contributed by atoms with Crippen LogP contribution in [0.2, 0.25) is 0 Å². The largest absolute Gasteiger partial charge is 0.449 e. The Bertz CT molecular complexity index is 816. The van der Waals surface area contributed by atoms with Gasteiger partial charge in [-0.05, 0) is 25.8 Å². The number of hydrogen-bond donors (Lipinski definition) is 0. The van der Waals surface area contributed by atoms with Gasteiger partial charge >= 0.3 is 6.18 Å². The van der Waals surface area contributed by atoms with Crippen LogP contribution in [0.3, 0.4) is 0 Å². The van der Waals surface area contributed by atoms with Crippen LogP contribution in [0.25, 0.3) is 0 Å². The highest BCUT2D eigenvalue weighted by atomic mass is 35.5. The summed E-state index contributed by atoms with van der Waals surface area (Å²) in [6.45, 7) is 4.56. The topological polar surface area (TPSA) is 65.3 Å². The highest BCUT2D eigenvalue weighted by Gasteiger charge is 2.46. The molecular weight excluding hydrogens is 397 g/mol. The van der Waals surface area contributed by atoms with Crippen LogP contribution in [0, 0.1) is 0 Å². The van der Waals surface area contributed by atoms with Gasteiger partial charge in [0.25, 0.3) is 11.8 Å². The van der Waals surface area contributed by atoms with Crippen LogP contribution in [0.1, 0.15) is 34.1 Å². The van der Waals surface area contributed by atoms with Crippen molar-refractivity contribution in [2.24, 2.45) is 9.98 Å².